The first-order valence-electron chi connectivity index (χ1n) is 13.7. The molecule has 0 saturated carbocycles. The summed E-state index contributed by atoms with van der Waals surface area (Å²) in [5.41, 5.74) is 2.76. The fraction of sp³-hybridized carbons (Fsp3) is 0.448. The number of carbonyl (C=O) groups is 4. The number of aliphatic hydroxyl groups is 4. The van der Waals surface area contributed by atoms with E-state index in [1.165, 1.54) is 0 Å². The average molecular weight is 569 g/mol. The molecule has 0 aromatic heterocycles. The van der Waals surface area contributed by atoms with Crippen molar-refractivity contribution < 1.29 is 39.6 Å². The van der Waals surface area contributed by atoms with E-state index in [9.17, 15) is 39.6 Å². The summed E-state index contributed by atoms with van der Waals surface area (Å²) in [6.45, 7) is -0.0198. The van der Waals surface area contributed by atoms with E-state index in [2.05, 4.69) is 0 Å². The lowest BCUT2D eigenvalue weighted by molar-refractivity contribution is -0.124. The van der Waals surface area contributed by atoms with Gasteiger partial charge in [0.25, 0.3) is 11.8 Å². The van der Waals surface area contributed by atoms with Crippen molar-refractivity contribution in [2.24, 2.45) is 0 Å². The molecule has 2 aromatic carbocycles. The molecule has 2 aliphatic rings. The number of rotatable bonds is 14. The fourth-order valence-corrected chi connectivity index (χ4v) is 5.47. The van der Waals surface area contributed by atoms with Crippen molar-refractivity contribution in [1.82, 2.24) is 9.80 Å². The minimum Gasteiger partial charge on any atom is -0.395 e. The van der Waals surface area contributed by atoms with Gasteiger partial charge in [-0.25, -0.2) is 9.80 Å². The van der Waals surface area contributed by atoms with Gasteiger partial charge in [0.05, 0.1) is 62.7 Å². The smallest absolute Gasteiger partial charge is 0.251 e. The van der Waals surface area contributed by atoms with Crippen LogP contribution in [0.15, 0.2) is 48.5 Å². The zero-order valence-electron chi connectivity index (χ0n) is 22.8. The number of aliphatic hydroxyl groups excluding tert-OH is 4. The summed E-state index contributed by atoms with van der Waals surface area (Å²) in [6.07, 6.45) is 0.504. The highest BCUT2D eigenvalue weighted by Gasteiger charge is 2.43. The SMILES string of the molecule is O=C1CC(N(CCO)CCO)C(=O)N1c1ccc(Cc2ccc(N3C(=O)CC(N(CCO)CCO)C3=O)cc2)cc1. The van der Waals surface area contributed by atoms with Gasteiger partial charge in [0.1, 0.15) is 0 Å². The predicted octanol–water partition coefficient (Wildman–Crippen LogP) is -0.886. The summed E-state index contributed by atoms with van der Waals surface area (Å²) < 4.78 is 0. The molecule has 2 heterocycles. The second-order valence-corrected chi connectivity index (χ2v) is 10.1. The van der Waals surface area contributed by atoms with Crippen molar-refractivity contribution in [3.8, 4) is 0 Å². The molecule has 2 fully saturated rings. The van der Waals surface area contributed by atoms with Crippen LogP contribution in [0.5, 0.6) is 0 Å². The van der Waals surface area contributed by atoms with Crippen LogP contribution in [0.3, 0.4) is 0 Å². The average Bonchev–Trinajstić information content (AvgIpc) is 3.43. The number of hydrogen-bond acceptors (Lipinski definition) is 10. The lowest BCUT2D eigenvalue weighted by Crippen LogP contribution is -2.44. The van der Waals surface area contributed by atoms with Gasteiger partial charge >= 0.3 is 0 Å². The zero-order chi connectivity index (χ0) is 29.5. The van der Waals surface area contributed by atoms with E-state index in [-0.39, 0.29) is 89.1 Å². The summed E-state index contributed by atoms with van der Waals surface area (Å²) in [4.78, 5) is 56.9. The largest absolute Gasteiger partial charge is 0.395 e. The van der Waals surface area contributed by atoms with E-state index in [4.69, 9.17) is 0 Å². The Bertz CT molecular complexity index is 1130. The van der Waals surface area contributed by atoms with Crippen molar-refractivity contribution in [3.05, 3.63) is 59.7 Å². The van der Waals surface area contributed by atoms with Crippen LogP contribution in [0, 0.1) is 0 Å². The molecule has 0 aliphatic carbocycles. The molecule has 2 saturated heterocycles. The highest BCUT2D eigenvalue weighted by molar-refractivity contribution is 6.23. The molecule has 2 aliphatic heterocycles. The molecular weight excluding hydrogens is 532 g/mol. The van der Waals surface area contributed by atoms with E-state index < -0.39 is 12.1 Å². The van der Waals surface area contributed by atoms with Gasteiger partial charge in [-0.05, 0) is 41.8 Å². The minimum absolute atomic E-state index is 0.0173. The third kappa shape index (κ3) is 6.70. The summed E-state index contributed by atoms with van der Waals surface area (Å²) in [6, 6.07) is 12.7. The van der Waals surface area contributed by atoms with Gasteiger partial charge in [-0.2, -0.15) is 0 Å². The highest BCUT2D eigenvalue weighted by Crippen LogP contribution is 2.28. The topological polar surface area (TPSA) is 162 Å². The molecule has 0 spiro atoms. The Morgan fingerprint density at radius 2 is 0.878 bits per heavy atom. The monoisotopic (exact) mass is 568 g/mol. The van der Waals surface area contributed by atoms with E-state index in [0.29, 0.717) is 17.8 Å². The molecular formula is C29H36N4O8. The lowest BCUT2D eigenvalue weighted by atomic mass is 10.0. The number of benzene rings is 2. The Balaban J connectivity index is 1.41. The fourth-order valence-electron chi connectivity index (χ4n) is 5.47. The van der Waals surface area contributed by atoms with Gasteiger partial charge in [-0.3, -0.25) is 29.0 Å². The summed E-state index contributed by atoms with van der Waals surface area (Å²) in [7, 11) is 0. The number of anilines is 2. The Hall–Kier alpha value is -3.52. The molecule has 0 bridgehead atoms. The van der Waals surface area contributed by atoms with Crippen LogP contribution in [0.25, 0.3) is 0 Å². The van der Waals surface area contributed by atoms with Gasteiger partial charge in [-0.1, -0.05) is 24.3 Å². The molecule has 4 rings (SSSR count). The third-order valence-corrected chi connectivity index (χ3v) is 7.47. The van der Waals surface area contributed by atoms with Crippen molar-refractivity contribution in [2.75, 3.05) is 62.4 Å². The first kappa shape index (κ1) is 30.4. The van der Waals surface area contributed by atoms with Crippen molar-refractivity contribution >= 4 is 35.0 Å². The molecule has 0 radical (unpaired) electrons. The maximum absolute atomic E-state index is 13.0. The van der Waals surface area contributed by atoms with E-state index in [0.717, 1.165) is 20.9 Å². The van der Waals surface area contributed by atoms with Gasteiger partial charge in [0.2, 0.25) is 11.8 Å². The number of amides is 4. The highest BCUT2D eigenvalue weighted by atomic mass is 16.3. The molecule has 2 aromatic rings. The first-order chi connectivity index (χ1) is 19.8. The van der Waals surface area contributed by atoms with Gasteiger partial charge in [0, 0.05) is 26.2 Å². The summed E-state index contributed by atoms with van der Waals surface area (Å²) in [5, 5.41) is 37.2. The maximum Gasteiger partial charge on any atom is 0.251 e. The van der Waals surface area contributed by atoms with Gasteiger partial charge in [0.15, 0.2) is 0 Å². The second kappa shape index (κ2) is 13.9. The molecule has 2 unspecified atom stereocenters. The number of imide groups is 2. The van der Waals surface area contributed by atoms with Crippen molar-refractivity contribution in [1.29, 1.82) is 0 Å². The number of hydrogen-bond donors (Lipinski definition) is 4. The third-order valence-electron chi connectivity index (χ3n) is 7.47. The molecule has 220 valence electrons. The summed E-state index contributed by atoms with van der Waals surface area (Å²) >= 11 is 0. The lowest BCUT2D eigenvalue weighted by Gasteiger charge is -2.25. The summed E-state index contributed by atoms with van der Waals surface area (Å²) in [5.74, 6) is -1.45. The quantitative estimate of drug-likeness (QED) is 0.211. The van der Waals surface area contributed by atoms with Crippen LogP contribution in [-0.4, -0.2) is 119 Å². The normalized spacial score (nSPS) is 19.5. The maximum atomic E-state index is 13.0. The van der Waals surface area contributed by atoms with Crippen LogP contribution in [0.1, 0.15) is 24.0 Å². The van der Waals surface area contributed by atoms with Crippen molar-refractivity contribution in [3.63, 3.8) is 0 Å². The number of carbonyl (C=O) groups excluding carboxylic acids is 4. The molecule has 12 heteroatoms. The van der Waals surface area contributed by atoms with Crippen molar-refractivity contribution in [2.45, 2.75) is 31.3 Å². The zero-order valence-corrected chi connectivity index (χ0v) is 22.8. The standard InChI is InChI=1S/C29H36N4O8/c34-13-9-30(10-14-35)24-18-26(38)32(28(24)40)22-5-1-20(2-6-22)17-21-3-7-23(8-4-21)33-27(39)19-25(29(33)41)31(11-15-36)12-16-37/h1-8,24-25,34-37H,9-19H2. The van der Waals surface area contributed by atoms with Crippen LogP contribution < -0.4 is 9.80 Å². The molecule has 4 N–H and O–H groups in total. The minimum atomic E-state index is -0.725. The molecule has 12 nitrogen and oxygen atoms in total. The Morgan fingerprint density at radius 1 is 0.561 bits per heavy atom. The van der Waals surface area contributed by atoms with Crippen LogP contribution in [0.4, 0.5) is 11.4 Å². The second-order valence-electron chi connectivity index (χ2n) is 10.1. The Kier molecular flexibility index (Phi) is 10.3. The Labute approximate surface area is 238 Å². The van der Waals surface area contributed by atoms with E-state index in [1.807, 2.05) is 24.3 Å². The van der Waals surface area contributed by atoms with Crippen LogP contribution in [0.2, 0.25) is 0 Å². The Morgan fingerprint density at radius 3 is 1.17 bits per heavy atom. The molecule has 41 heavy (non-hydrogen) atoms. The van der Waals surface area contributed by atoms with Gasteiger partial charge in [-0.15, -0.1) is 0 Å². The van der Waals surface area contributed by atoms with Gasteiger partial charge < -0.3 is 20.4 Å². The first-order valence-corrected chi connectivity index (χ1v) is 13.7. The molecule has 4 amide bonds. The predicted molar refractivity (Wildman–Crippen MR) is 149 cm³/mol. The van der Waals surface area contributed by atoms with Crippen LogP contribution >= 0.6 is 0 Å². The number of nitrogens with zero attached hydrogens (tertiary/aromatic N) is 4. The molecule has 2 atom stereocenters. The van der Waals surface area contributed by atoms with E-state index >= 15 is 0 Å². The van der Waals surface area contributed by atoms with Crippen LogP contribution in [-0.2, 0) is 25.6 Å². The van der Waals surface area contributed by atoms with E-state index in [1.54, 1.807) is 34.1 Å².